The molecule has 0 bridgehead atoms. The van der Waals surface area contributed by atoms with Crippen molar-refractivity contribution in [2.75, 3.05) is 20.7 Å². The third kappa shape index (κ3) is 3.39. The minimum Gasteiger partial charge on any atom is -0.476 e. The third-order valence-corrected chi connectivity index (χ3v) is 3.41. The summed E-state index contributed by atoms with van der Waals surface area (Å²) in [4.78, 5) is 11.6. The molecule has 6 heteroatoms. The van der Waals surface area contributed by atoms with Gasteiger partial charge in [-0.1, -0.05) is 0 Å². The van der Waals surface area contributed by atoms with Crippen molar-refractivity contribution in [3.63, 3.8) is 0 Å². The average Bonchev–Trinajstić information content (AvgIpc) is 2.79. The van der Waals surface area contributed by atoms with E-state index >= 15 is 0 Å². The van der Waals surface area contributed by atoms with Crippen LogP contribution in [0.1, 0.15) is 20.8 Å². The molecule has 0 amide bonds. The third-order valence-electron chi connectivity index (χ3n) is 3.41. The molecule has 0 aliphatic carbocycles. The monoisotopic (exact) mass is 293 g/mol. The molecule has 0 radical (unpaired) electrons. The van der Waals surface area contributed by atoms with Crippen LogP contribution in [0.25, 0.3) is 0 Å². The lowest BCUT2D eigenvalue weighted by Gasteiger charge is -2.26. The lowest BCUT2D eigenvalue weighted by Crippen LogP contribution is -2.40. The van der Waals surface area contributed by atoms with E-state index in [1.165, 1.54) is 7.11 Å². The van der Waals surface area contributed by atoms with Crippen molar-refractivity contribution < 1.29 is 14.3 Å². The van der Waals surface area contributed by atoms with Crippen LogP contribution < -0.4 is 10.7 Å². The molecule has 2 heterocycles. The second kappa shape index (κ2) is 6.22. The minimum absolute atomic E-state index is 0.136. The van der Waals surface area contributed by atoms with Gasteiger partial charge in [-0.15, -0.1) is 0 Å². The van der Waals surface area contributed by atoms with E-state index in [0.717, 1.165) is 22.7 Å². The predicted octanol–water partition coefficient (Wildman–Crippen LogP) is 1.05. The standard InChI is InChI=1S/C15H23N3O3/c1-9(2)21-14-6-10(3)11(8-16-14)13-7-12(15(19)20-5)17-18(13)4/h6-7,9,12,16-17H,8H2,1-5H3. The molecule has 0 aromatic rings. The first-order valence-corrected chi connectivity index (χ1v) is 7.04. The van der Waals surface area contributed by atoms with E-state index in [2.05, 4.69) is 10.7 Å². The van der Waals surface area contributed by atoms with E-state index in [1.54, 1.807) is 0 Å². The zero-order valence-corrected chi connectivity index (χ0v) is 13.2. The topological polar surface area (TPSA) is 62.8 Å². The summed E-state index contributed by atoms with van der Waals surface area (Å²) < 4.78 is 10.4. The van der Waals surface area contributed by atoms with Gasteiger partial charge in [0.1, 0.15) is 6.04 Å². The van der Waals surface area contributed by atoms with Gasteiger partial charge in [-0.2, -0.15) is 0 Å². The number of carbonyl (C=O) groups is 1. The number of ether oxygens (including phenoxy) is 2. The minimum atomic E-state index is -0.437. The maximum atomic E-state index is 11.6. The summed E-state index contributed by atoms with van der Waals surface area (Å²) in [7, 11) is 3.28. The van der Waals surface area contributed by atoms with Crippen LogP contribution in [0.5, 0.6) is 0 Å². The number of dihydropyridines is 1. The fourth-order valence-corrected chi connectivity index (χ4v) is 2.41. The van der Waals surface area contributed by atoms with Crippen LogP contribution in [0.15, 0.2) is 34.9 Å². The Morgan fingerprint density at radius 3 is 2.76 bits per heavy atom. The average molecular weight is 293 g/mol. The molecular formula is C15H23N3O3. The highest BCUT2D eigenvalue weighted by molar-refractivity contribution is 5.79. The molecule has 0 aromatic carbocycles. The summed E-state index contributed by atoms with van der Waals surface area (Å²) in [5, 5.41) is 5.11. The molecule has 2 rings (SSSR count). The molecule has 0 saturated carbocycles. The van der Waals surface area contributed by atoms with Gasteiger partial charge in [0.05, 0.1) is 18.9 Å². The second-order valence-corrected chi connectivity index (χ2v) is 5.43. The highest BCUT2D eigenvalue weighted by Crippen LogP contribution is 2.25. The fraction of sp³-hybridized carbons (Fsp3) is 0.533. The summed E-state index contributed by atoms with van der Waals surface area (Å²) >= 11 is 0. The van der Waals surface area contributed by atoms with Crippen molar-refractivity contribution in [2.45, 2.75) is 32.9 Å². The van der Waals surface area contributed by atoms with Gasteiger partial charge < -0.3 is 19.8 Å². The number of hydrazine groups is 1. The molecule has 2 N–H and O–H groups in total. The lowest BCUT2D eigenvalue weighted by atomic mass is 10.0. The molecule has 1 unspecified atom stereocenters. The molecule has 0 saturated heterocycles. The van der Waals surface area contributed by atoms with Gasteiger partial charge in [-0.05, 0) is 38.0 Å². The first-order chi connectivity index (χ1) is 9.92. The zero-order valence-electron chi connectivity index (χ0n) is 13.2. The van der Waals surface area contributed by atoms with Gasteiger partial charge in [-0.25, -0.2) is 10.2 Å². The number of hydrogen-bond donors (Lipinski definition) is 2. The van der Waals surface area contributed by atoms with E-state index in [1.807, 2.05) is 45.0 Å². The molecule has 2 aliphatic heterocycles. The Morgan fingerprint density at radius 2 is 2.19 bits per heavy atom. The summed E-state index contributed by atoms with van der Waals surface area (Å²) in [6, 6.07) is -0.437. The number of esters is 1. The van der Waals surface area contributed by atoms with Crippen LogP contribution >= 0.6 is 0 Å². The highest BCUT2D eigenvalue weighted by Gasteiger charge is 2.29. The number of nitrogens with one attached hydrogen (secondary N) is 2. The van der Waals surface area contributed by atoms with E-state index < -0.39 is 6.04 Å². The molecule has 1 atom stereocenters. The van der Waals surface area contributed by atoms with E-state index in [4.69, 9.17) is 9.47 Å². The van der Waals surface area contributed by atoms with Crippen molar-refractivity contribution in [2.24, 2.45) is 0 Å². The Bertz CT molecular complexity index is 520. The molecule has 2 aliphatic rings. The summed E-state index contributed by atoms with van der Waals surface area (Å²) in [5.74, 6) is 0.489. The van der Waals surface area contributed by atoms with Gasteiger partial charge in [0.15, 0.2) is 5.88 Å². The summed E-state index contributed by atoms with van der Waals surface area (Å²) in [5.41, 5.74) is 6.30. The Kier molecular flexibility index (Phi) is 4.57. The maximum Gasteiger partial charge on any atom is 0.328 e. The van der Waals surface area contributed by atoms with Crippen molar-refractivity contribution in [3.05, 3.63) is 34.9 Å². The van der Waals surface area contributed by atoms with Crippen molar-refractivity contribution in [1.82, 2.24) is 15.8 Å². The van der Waals surface area contributed by atoms with Gasteiger partial charge in [0, 0.05) is 19.7 Å². The van der Waals surface area contributed by atoms with E-state index in [0.29, 0.717) is 6.54 Å². The second-order valence-electron chi connectivity index (χ2n) is 5.43. The number of nitrogens with zero attached hydrogens (tertiary/aromatic N) is 1. The van der Waals surface area contributed by atoms with Crippen LogP contribution in [0.2, 0.25) is 0 Å². The Labute approximate surface area is 125 Å². The smallest absolute Gasteiger partial charge is 0.328 e. The Hall–Kier alpha value is -1.95. The predicted molar refractivity (Wildman–Crippen MR) is 79.8 cm³/mol. The number of likely N-dealkylation sites (N-methyl/N-ethyl adjacent to an activating group) is 1. The normalized spacial score (nSPS) is 22.0. The fourth-order valence-electron chi connectivity index (χ4n) is 2.41. The Morgan fingerprint density at radius 1 is 1.48 bits per heavy atom. The molecule has 6 nitrogen and oxygen atoms in total. The first kappa shape index (κ1) is 15.4. The largest absolute Gasteiger partial charge is 0.476 e. The lowest BCUT2D eigenvalue weighted by molar-refractivity contribution is -0.142. The summed E-state index contributed by atoms with van der Waals surface area (Å²) in [6.07, 6.45) is 4.00. The van der Waals surface area contributed by atoms with E-state index in [9.17, 15) is 4.79 Å². The van der Waals surface area contributed by atoms with Crippen LogP contribution in [0, 0.1) is 0 Å². The van der Waals surface area contributed by atoms with Crippen LogP contribution in [0.4, 0.5) is 0 Å². The Balaban J connectivity index is 2.21. The number of carbonyl (C=O) groups excluding carboxylic acids is 1. The van der Waals surface area contributed by atoms with Crippen molar-refractivity contribution >= 4 is 5.97 Å². The quantitative estimate of drug-likeness (QED) is 0.756. The number of hydrogen-bond acceptors (Lipinski definition) is 6. The van der Waals surface area contributed by atoms with Gasteiger partial charge >= 0.3 is 5.97 Å². The van der Waals surface area contributed by atoms with Crippen LogP contribution in [0.3, 0.4) is 0 Å². The number of rotatable bonds is 4. The van der Waals surface area contributed by atoms with Crippen LogP contribution in [-0.2, 0) is 14.3 Å². The van der Waals surface area contributed by atoms with E-state index in [-0.39, 0.29) is 12.1 Å². The highest BCUT2D eigenvalue weighted by atomic mass is 16.5. The molecule has 0 spiro atoms. The number of methoxy groups -OCH3 is 1. The molecule has 21 heavy (non-hydrogen) atoms. The SMILES string of the molecule is COC(=O)C1C=C(C2=C(C)C=C(OC(C)C)NC2)N(C)N1. The molecule has 0 aromatic heterocycles. The van der Waals surface area contributed by atoms with Gasteiger partial charge in [0.25, 0.3) is 0 Å². The molecule has 0 fully saturated rings. The van der Waals surface area contributed by atoms with Crippen molar-refractivity contribution in [1.29, 1.82) is 0 Å². The zero-order chi connectivity index (χ0) is 15.6. The first-order valence-electron chi connectivity index (χ1n) is 7.04. The molecule has 116 valence electrons. The van der Waals surface area contributed by atoms with Gasteiger partial charge in [-0.3, -0.25) is 0 Å². The maximum absolute atomic E-state index is 11.6. The summed E-state index contributed by atoms with van der Waals surface area (Å²) in [6.45, 7) is 6.70. The van der Waals surface area contributed by atoms with Gasteiger partial charge in [0.2, 0.25) is 0 Å². The van der Waals surface area contributed by atoms with Crippen LogP contribution in [-0.4, -0.2) is 43.8 Å². The number of allylic oxidation sites excluding steroid dienone is 2. The molecular weight excluding hydrogens is 270 g/mol. The van der Waals surface area contributed by atoms with Crippen molar-refractivity contribution in [3.8, 4) is 0 Å².